The molecule has 0 radical (unpaired) electrons. The topological polar surface area (TPSA) is 74.3 Å². The Morgan fingerprint density at radius 2 is 2.26 bits per heavy atom. The number of hydrogen-bond donors (Lipinski definition) is 2. The van der Waals surface area contributed by atoms with E-state index in [1.54, 1.807) is 25.4 Å². The Labute approximate surface area is 119 Å². The molecule has 0 bridgehead atoms. The number of nitrogens with zero attached hydrogens (tertiary/aromatic N) is 2. The van der Waals surface area contributed by atoms with E-state index in [2.05, 4.69) is 31.5 Å². The number of amides is 2. The monoisotopic (exact) mass is 326 g/mol. The van der Waals surface area contributed by atoms with Gasteiger partial charge in [-0.25, -0.2) is 4.98 Å². The van der Waals surface area contributed by atoms with Crippen LogP contribution in [0.2, 0.25) is 0 Å². The van der Waals surface area contributed by atoms with E-state index in [-0.39, 0.29) is 24.3 Å². The van der Waals surface area contributed by atoms with Crippen molar-refractivity contribution >= 4 is 33.6 Å². The highest BCUT2D eigenvalue weighted by molar-refractivity contribution is 9.10. The number of hydrogen-bond acceptors (Lipinski definition) is 4. The van der Waals surface area contributed by atoms with Gasteiger partial charge in [0.1, 0.15) is 5.82 Å². The average Bonchev–Trinajstić information content (AvgIpc) is 2.29. The molecule has 0 saturated carbocycles. The lowest BCUT2D eigenvalue weighted by atomic mass is 10.0. The fraction of sp³-hybridized carbons (Fsp3) is 0.417. The van der Waals surface area contributed by atoms with E-state index in [0.717, 1.165) is 4.47 Å². The van der Waals surface area contributed by atoms with Gasteiger partial charge < -0.3 is 15.5 Å². The van der Waals surface area contributed by atoms with E-state index in [9.17, 15) is 9.59 Å². The maximum Gasteiger partial charge on any atom is 0.245 e. The Bertz CT molecular complexity index is 473. The van der Waals surface area contributed by atoms with Crippen molar-refractivity contribution in [3.8, 4) is 0 Å². The first-order valence-electron chi connectivity index (χ1n) is 5.93. The minimum Gasteiger partial charge on any atom is -0.336 e. The molecule has 1 aliphatic heterocycles. The molecule has 0 aliphatic carbocycles. The van der Waals surface area contributed by atoms with E-state index < -0.39 is 0 Å². The molecule has 0 spiro atoms. The second kappa shape index (κ2) is 6.12. The SMILES string of the molecule is CN(CC(=O)Nc1ccc(Br)cn1)C(=O)C1CNC1. The second-order valence-corrected chi connectivity index (χ2v) is 5.37. The van der Waals surface area contributed by atoms with E-state index in [4.69, 9.17) is 0 Å². The number of pyridine rings is 1. The highest BCUT2D eigenvalue weighted by Crippen LogP contribution is 2.11. The van der Waals surface area contributed by atoms with Gasteiger partial charge in [-0.2, -0.15) is 0 Å². The van der Waals surface area contributed by atoms with Crippen LogP contribution in [-0.4, -0.2) is 48.4 Å². The first-order valence-corrected chi connectivity index (χ1v) is 6.72. The smallest absolute Gasteiger partial charge is 0.245 e. The summed E-state index contributed by atoms with van der Waals surface area (Å²) in [6, 6.07) is 3.48. The van der Waals surface area contributed by atoms with Gasteiger partial charge in [0.2, 0.25) is 11.8 Å². The Balaban J connectivity index is 1.83. The molecule has 19 heavy (non-hydrogen) atoms. The van der Waals surface area contributed by atoms with Gasteiger partial charge in [0.15, 0.2) is 0 Å². The van der Waals surface area contributed by atoms with Crippen LogP contribution in [0.4, 0.5) is 5.82 Å². The highest BCUT2D eigenvalue weighted by Gasteiger charge is 2.28. The summed E-state index contributed by atoms with van der Waals surface area (Å²) in [6.07, 6.45) is 1.60. The Morgan fingerprint density at radius 3 is 2.79 bits per heavy atom. The summed E-state index contributed by atoms with van der Waals surface area (Å²) in [5.74, 6) is 0.221. The molecule has 1 fully saturated rings. The number of likely N-dealkylation sites (N-methyl/N-ethyl adjacent to an activating group) is 1. The van der Waals surface area contributed by atoms with Gasteiger partial charge in [0.25, 0.3) is 0 Å². The molecule has 2 heterocycles. The summed E-state index contributed by atoms with van der Waals surface area (Å²) in [4.78, 5) is 29.1. The van der Waals surface area contributed by atoms with Crippen LogP contribution in [0.1, 0.15) is 0 Å². The van der Waals surface area contributed by atoms with Gasteiger partial charge in [-0.1, -0.05) is 0 Å². The molecule has 7 heteroatoms. The maximum atomic E-state index is 11.8. The van der Waals surface area contributed by atoms with Crippen LogP contribution in [0, 0.1) is 5.92 Å². The van der Waals surface area contributed by atoms with Gasteiger partial charge in [-0.15, -0.1) is 0 Å². The van der Waals surface area contributed by atoms with Crippen LogP contribution >= 0.6 is 15.9 Å². The molecule has 1 aromatic rings. The van der Waals surface area contributed by atoms with Crippen LogP contribution < -0.4 is 10.6 Å². The minimum absolute atomic E-state index is 0.00216. The first-order chi connectivity index (χ1) is 9.06. The molecule has 1 saturated heterocycles. The van der Waals surface area contributed by atoms with Crippen molar-refractivity contribution in [1.82, 2.24) is 15.2 Å². The first kappa shape index (κ1) is 14.0. The molecule has 2 N–H and O–H groups in total. The van der Waals surface area contributed by atoms with E-state index in [0.29, 0.717) is 18.9 Å². The number of carbonyl (C=O) groups is 2. The Hall–Kier alpha value is -1.47. The molecular formula is C12H15BrN4O2. The van der Waals surface area contributed by atoms with Gasteiger partial charge in [-0.05, 0) is 28.1 Å². The quantitative estimate of drug-likeness (QED) is 0.843. The van der Waals surface area contributed by atoms with Crippen LogP contribution in [-0.2, 0) is 9.59 Å². The zero-order valence-corrected chi connectivity index (χ0v) is 12.1. The fourth-order valence-electron chi connectivity index (χ4n) is 1.70. The molecule has 0 unspecified atom stereocenters. The predicted octanol–water partition coefficient (Wildman–Crippen LogP) is 0.460. The van der Waals surface area contributed by atoms with Crippen molar-refractivity contribution in [2.24, 2.45) is 5.92 Å². The van der Waals surface area contributed by atoms with Crippen molar-refractivity contribution < 1.29 is 9.59 Å². The predicted molar refractivity (Wildman–Crippen MR) is 74.6 cm³/mol. The summed E-state index contributed by atoms with van der Waals surface area (Å²) in [7, 11) is 1.63. The summed E-state index contributed by atoms with van der Waals surface area (Å²) < 4.78 is 0.843. The van der Waals surface area contributed by atoms with Crippen molar-refractivity contribution in [2.75, 3.05) is 32.0 Å². The lowest BCUT2D eigenvalue weighted by molar-refractivity contribution is -0.138. The van der Waals surface area contributed by atoms with Crippen LogP contribution in [0.15, 0.2) is 22.8 Å². The summed E-state index contributed by atoms with van der Waals surface area (Å²) in [5, 5.41) is 5.68. The molecule has 2 rings (SSSR count). The number of aromatic nitrogens is 1. The summed E-state index contributed by atoms with van der Waals surface area (Å²) in [6.45, 7) is 1.42. The third kappa shape index (κ3) is 3.74. The van der Waals surface area contributed by atoms with Crippen molar-refractivity contribution in [2.45, 2.75) is 0 Å². The van der Waals surface area contributed by atoms with E-state index >= 15 is 0 Å². The largest absolute Gasteiger partial charge is 0.336 e. The van der Waals surface area contributed by atoms with Crippen LogP contribution in [0.5, 0.6) is 0 Å². The Kier molecular flexibility index (Phi) is 4.49. The van der Waals surface area contributed by atoms with Gasteiger partial charge in [-0.3, -0.25) is 9.59 Å². The third-order valence-electron chi connectivity index (χ3n) is 2.88. The van der Waals surface area contributed by atoms with Crippen LogP contribution in [0.3, 0.4) is 0 Å². The number of halogens is 1. The van der Waals surface area contributed by atoms with Crippen molar-refractivity contribution in [1.29, 1.82) is 0 Å². The molecule has 1 aromatic heterocycles. The summed E-state index contributed by atoms with van der Waals surface area (Å²) >= 11 is 3.27. The lowest BCUT2D eigenvalue weighted by Crippen LogP contribution is -2.52. The molecule has 102 valence electrons. The summed E-state index contributed by atoms with van der Waals surface area (Å²) in [5.41, 5.74) is 0. The second-order valence-electron chi connectivity index (χ2n) is 4.46. The van der Waals surface area contributed by atoms with Crippen molar-refractivity contribution in [3.05, 3.63) is 22.8 Å². The Morgan fingerprint density at radius 1 is 1.53 bits per heavy atom. The molecule has 6 nitrogen and oxygen atoms in total. The molecule has 0 atom stereocenters. The maximum absolute atomic E-state index is 11.8. The van der Waals surface area contributed by atoms with Gasteiger partial charge in [0.05, 0.1) is 12.5 Å². The van der Waals surface area contributed by atoms with Crippen molar-refractivity contribution in [3.63, 3.8) is 0 Å². The third-order valence-corrected chi connectivity index (χ3v) is 3.35. The standard InChI is InChI=1S/C12H15BrN4O2/c1-17(12(19)8-4-14-5-8)7-11(18)16-10-3-2-9(13)6-15-10/h2-3,6,8,14H,4-5,7H2,1H3,(H,15,16,18). The molecule has 2 amide bonds. The average molecular weight is 327 g/mol. The number of rotatable bonds is 4. The highest BCUT2D eigenvalue weighted by atomic mass is 79.9. The number of carbonyl (C=O) groups excluding carboxylic acids is 2. The molecular weight excluding hydrogens is 312 g/mol. The normalized spacial score (nSPS) is 14.6. The van der Waals surface area contributed by atoms with E-state index in [1.165, 1.54) is 4.90 Å². The van der Waals surface area contributed by atoms with Gasteiger partial charge in [0, 0.05) is 30.8 Å². The number of nitrogens with one attached hydrogen (secondary N) is 2. The fourth-order valence-corrected chi connectivity index (χ4v) is 1.93. The zero-order chi connectivity index (χ0) is 13.8. The molecule has 1 aliphatic rings. The zero-order valence-electron chi connectivity index (χ0n) is 10.5. The van der Waals surface area contributed by atoms with Crippen LogP contribution in [0.25, 0.3) is 0 Å². The number of anilines is 1. The molecule has 0 aromatic carbocycles. The van der Waals surface area contributed by atoms with E-state index in [1.807, 2.05) is 0 Å². The van der Waals surface area contributed by atoms with Gasteiger partial charge >= 0.3 is 0 Å². The minimum atomic E-state index is -0.252. The lowest BCUT2D eigenvalue weighted by Gasteiger charge is -2.29.